The number of carbonyl (C=O) groups excluding carboxylic acids is 4. The SMILES string of the molecule is COC(=O)N[C@H](C(=O)N1CC=CC1C1=NC=C(c2ccc(-c3ccc(-c4cnc([C@@H]5CCCN5C(=O)[C@H](NC(=O)OC)c5ccccc5)[nH]4)cc3)cc2)C1)C(C)C. The first kappa shape index (κ1) is 38.8. The highest BCUT2D eigenvalue weighted by atomic mass is 16.5. The summed E-state index contributed by atoms with van der Waals surface area (Å²) >= 11 is 0. The summed E-state index contributed by atoms with van der Waals surface area (Å²) < 4.78 is 9.57. The van der Waals surface area contributed by atoms with E-state index in [1.165, 1.54) is 14.2 Å². The molecular formula is C44H47N7O6. The Hall–Kier alpha value is -6.50. The number of methoxy groups -OCH3 is 2. The van der Waals surface area contributed by atoms with Crippen molar-refractivity contribution in [3.8, 4) is 22.4 Å². The largest absolute Gasteiger partial charge is 0.453 e. The van der Waals surface area contributed by atoms with E-state index in [1.807, 2.05) is 62.5 Å². The Labute approximate surface area is 331 Å². The van der Waals surface area contributed by atoms with Crippen molar-refractivity contribution < 1.29 is 28.7 Å². The number of allylic oxidation sites excluding steroid dienone is 1. The normalized spacial score (nSPS) is 18.5. The third-order valence-corrected chi connectivity index (χ3v) is 10.8. The van der Waals surface area contributed by atoms with E-state index in [0.29, 0.717) is 30.9 Å². The molecule has 0 radical (unpaired) electrons. The Bertz CT molecular complexity index is 2190. The Balaban J connectivity index is 0.980. The maximum atomic E-state index is 13.9. The Morgan fingerprint density at radius 2 is 1.46 bits per heavy atom. The highest BCUT2D eigenvalue weighted by Gasteiger charge is 2.38. The van der Waals surface area contributed by atoms with Gasteiger partial charge in [-0.05, 0) is 52.1 Å². The van der Waals surface area contributed by atoms with Crippen molar-refractivity contribution in [2.75, 3.05) is 27.3 Å². The molecule has 4 atom stereocenters. The van der Waals surface area contributed by atoms with E-state index in [9.17, 15) is 19.2 Å². The summed E-state index contributed by atoms with van der Waals surface area (Å²) in [6, 6.07) is 23.7. The molecule has 0 bridgehead atoms. The molecule has 1 unspecified atom stereocenters. The molecule has 3 aromatic carbocycles. The van der Waals surface area contributed by atoms with Gasteiger partial charge in [-0.15, -0.1) is 0 Å². The molecule has 3 aliphatic heterocycles. The molecule has 294 valence electrons. The minimum Gasteiger partial charge on any atom is -0.453 e. The van der Waals surface area contributed by atoms with Gasteiger partial charge in [0.1, 0.15) is 17.9 Å². The van der Waals surface area contributed by atoms with E-state index in [0.717, 1.165) is 52.1 Å². The molecule has 0 spiro atoms. The molecule has 4 amide bonds. The van der Waals surface area contributed by atoms with E-state index in [-0.39, 0.29) is 29.8 Å². The highest BCUT2D eigenvalue weighted by Crippen LogP contribution is 2.35. The predicted molar refractivity (Wildman–Crippen MR) is 217 cm³/mol. The van der Waals surface area contributed by atoms with Crippen LogP contribution in [-0.2, 0) is 19.1 Å². The Kier molecular flexibility index (Phi) is 11.6. The second kappa shape index (κ2) is 17.1. The van der Waals surface area contributed by atoms with Gasteiger partial charge in [0.05, 0.1) is 38.2 Å². The summed E-state index contributed by atoms with van der Waals surface area (Å²) in [5, 5.41) is 5.40. The molecule has 0 aliphatic carbocycles. The third kappa shape index (κ3) is 8.37. The number of carbonyl (C=O) groups is 4. The zero-order chi connectivity index (χ0) is 40.1. The molecule has 3 N–H and O–H groups in total. The number of hydrogen-bond acceptors (Lipinski definition) is 8. The van der Waals surface area contributed by atoms with E-state index < -0.39 is 24.3 Å². The quantitative estimate of drug-likeness (QED) is 0.141. The number of alkyl carbamates (subject to hydrolysis) is 2. The molecule has 13 nitrogen and oxygen atoms in total. The van der Waals surface area contributed by atoms with Crippen LogP contribution in [0.1, 0.15) is 62.1 Å². The fourth-order valence-corrected chi connectivity index (χ4v) is 7.68. The van der Waals surface area contributed by atoms with E-state index in [1.54, 1.807) is 16.0 Å². The van der Waals surface area contributed by atoms with Crippen LogP contribution in [0.15, 0.2) is 108 Å². The van der Waals surface area contributed by atoms with Gasteiger partial charge in [0.25, 0.3) is 5.91 Å². The van der Waals surface area contributed by atoms with Gasteiger partial charge in [0, 0.05) is 31.4 Å². The minimum atomic E-state index is -0.879. The summed E-state index contributed by atoms with van der Waals surface area (Å²) in [5.74, 6) is 0.208. The summed E-state index contributed by atoms with van der Waals surface area (Å²) in [5.41, 5.74) is 7.63. The van der Waals surface area contributed by atoms with E-state index in [2.05, 4.69) is 64.1 Å². The van der Waals surface area contributed by atoms with Gasteiger partial charge in [0.2, 0.25) is 5.91 Å². The van der Waals surface area contributed by atoms with Crippen molar-refractivity contribution in [1.29, 1.82) is 0 Å². The molecule has 0 saturated carbocycles. The van der Waals surface area contributed by atoms with Gasteiger partial charge >= 0.3 is 12.2 Å². The fraction of sp³-hybridized carbons (Fsp3) is 0.318. The Morgan fingerprint density at radius 3 is 2.12 bits per heavy atom. The predicted octanol–water partition coefficient (Wildman–Crippen LogP) is 6.84. The van der Waals surface area contributed by atoms with Gasteiger partial charge in [-0.2, -0.15) is 0 Å². The highest BCUT2D eigenvalue weighted by molar-refractivity contribution is 6.05. The van der Waals surface area contributed by atoms with Gasteiger partial charge in [-0.3, -0.25) is 14.6 Å². The maximum Gasteiger partial charge on any atom is 0.407 e. The van der Waals surface area contributed by atoms with Crippen molar-refractivity contribution in [3.05, 3.63) is 120 Å². The molecule has 1 fully saturated rings. The lowest BCUT2D eigenvalue weighted by molar-refractivity contribution is -0.135. The topological polar surface area (TPSA) is 158 Å². The van der Waals surface area contributed by atoms with Crippen molar-refractivity contribution in [2.45, 2.75) is 57.3 Å². The first-order valence-electron chi connectivity index (χ1n) is 19.2. The molecule has 3 aliphatic rings. The molecule has 13 heteroatoms. The summed E-state index contributed by atoms with van der Waals surface area (Å²) in [4.78, 5) is 68.0. The number of likely N-dealkylation sites (tertiary alicyclic amines) is 1. The number of nitrogens with one attached hydrogen (secondary N) is 3. The first-order chi connectivity index (χ1) is 27.6. The van der Waals surface area contributed by atoms with Gasteiger partial charge < -0.3 is 34.9 Å². The Morgan fingerprint density at radius 1 is 0.807 bits per heavy atom. The van der Waals surface area contributed by atoms with Crippen molar-refractivity contribution in [2.24, 2.45) is 10.9 Å². The van der Waals surface area contributed by atoms with Gasteiger partial charge in [0.15, 0.2) is 0 Å². The number of nitrogens with zero attached hydrogens (tertiary/aromatic N) is 4. The summed E-state index contributed by atoms with van der Waals surface area (Å²) in [7, 11) is 2.57. The monoisotopic (exact) mass is 769 g/mol. The number of amides is 4. The van der Waals surface area contributed by atoms with E-state index in [4.69, 9.17) is 19.5 Å². The lowest BCUT2D eigenvalue weighted by Gasteiger charge is -2.31. The maximum absolute atomic E-state index is 13.9. The molecular weight excluding hydrogens is 723 g/mol. The molecule has 1 aromatic heterocycles. The summed E-state index contributed by atoms with van der Waals surface area (Å²) in [6.45, 7) is 4.79. The standard InChI is InChI=1S/C44H47N7O6/c1-27(2)38(48-43(54)56-3)41(52)50-22-8-12-36(50)34-24-33(25-45-34)30-16-14-28(15-17-30)29-18-20-31(21-19-29)35-26-46-40(47-35)37-13-9-23-51(37)42(53)39(49-44(55)57-4)32-10-6-5-7-11-32/h5-8,10-12,14-21,25-27,36-39H,9,13,22-24H2,1-4H3,(H,46,47)(H,48,54)(H,49,55)/t36?,37-,38-,39+/m0/s1. The zero-order valence-electron chi connectivity index (χ0n) is 32.5. The number of aliphatic imine (C=N–C) groups is 1. The summed E-state index contributed by atoms with van der Waals surface area (Å²) in [6.07, 6.45) is 8.52. The van der Waals surface area contributed by atoms with Crippen LogP contribution in [-0.4, -0.2) is 88.9 Å². The molecule has 1 saturated heterocycles. The van der Waals surface area contributed by atoms with E-state index >= 15 is 0 Å². The second-order valence-corrected chi connectivity index (χ2v) is 14.7. The smallest absolute Gasteiger partial charge is 0.407 e. The number of benzene rings is 3. The molecule has 57 heavy (non-hydrogen) atoms. The number of rotatable bonds is 11. The van der Waals surface area contributed by atoms with Crippen LogP contribution >= 0.6 is 0 Å². The average molecular weight is 770 g/mol. The lowest BCUT2D eigenvalue weighted by atomic mass is 9.96. The number of aromatic amines is 1. The van der Waals surface area contributed by atoms with Crippen LogP contribution in [0.25, 0.3) is 28.0 Å². The second-order valence-electron chi connectivity index (χ2n) is 14.7. The number of hydrogen-bond donors (Lipinski definition) is 3. The number of aromatic nitrogens is 2. The zero-order valence-corrected chi connectivity index (χ0v) is 32.5. The lowest BCUT2D eigenvalue weighted by Crippen LogP contribution is -2.53. The number of imidazole rings is 1. The molecule has 4 aromatic rings. The van der Waals surface area contributed by atoms with Crippen LogP contribution in [0.3, 0.4) is 0 Å². The fourth-order valence-electron chi connectivity index (χ4n) is 7.68. The molecule has 4 heterocycles. The van der Waals surface area contributed by atoms with Crippen LogP contribution < -0.4 is 10.6 Å². The van der Waals surface area contributed by atoms with Crippen molar-refractivity contribution in [3.63, 3.8) is 0 Å². The van der Waals surface area contributed by atoms with Crippen molar-refractivity contribution >= 4 is 35.3 Å². The average Bonchev–Trinajstić information content (AvgIpc) is 4.09. The van der Waals surface area contributed by atoms with Gasteiger partial charge in [-0.1, -0.05) is 105 Å². The van der Waals surface area contributed by atoms with Crippen LogP contribution in [0.5, 0.6) is 0 Å². The minimum absolute atomic E-state index is 0.115. The third-order valence-electron chi connectivity index (χ3n) is 10.8. The number of ether oxygens (including phenoxy) is 2. The van der Waals surface area contributed by atoms with Gasteiger partial charge in [-0.25, -0.2) is 14.6 Å². The van der Waals surface area contributed by atoms with Crippen LogP contribution in [0.2, 0.25) is 0 Å². The van der Waals surface area contributed by atoms with Crippen LogP contribution in [0, 0.1) is 5.92 Å². The first-order valence-corrected chi connectivity index (χ1v) is 19.2. The van der Waals surface area contributed by atoms with Crippen LogP contribution in [0.4, 0.5) is 9.59 Å². The number of H-pyrrole nitrogens is 1. The van der Waals surface area contributed by atoms with Crippen molar-refractivity contribution in [1.82, 2.24) is 30.4 Å². The molecule has 7 rings (SSSR count).